The van der Waals surface area contributed by atoms with Crippen molar-refractivity contribution in [2.75, 3.05) is 7.05 Å². The van der Waals surface area contributed by atoms with Gasteiger partial charge in [0.25, 0.3) is 0 Å². The molecule has 0 atom stereocenters. The van der Waals surface area contributed by atoms with E-state index in [0.29, 0.717) is 11.6 Å². The molecule has 0 spiro atoms. The Balaban J connectivity index is 2.63. The van der Waals surface area contributed by atoms with Crippen LogP contribution in [0.1, 0.15) is 55.5 Å². The molecular formula is C16H25NO2. The van der Waals surface area contributed by atoms with Crippen molar-refractivity contribution in [2.45, 2.75) is 52.1 Å². The Morgan fingerprint density at radius 1 is 1.16 bits per heavy atom. The summed E-state index contributed by atoms with van der Waals surface area (Å²) in [6.07, 6.45) is 4.84. The highest BCUT2D eigenvalue weighted by atomic mass is 16.4. The number of carboxylic acids is 1. The van der Waals surface area contributed by atoms with Gasteiger partial charge in [0.2, 0.25) is 0 Å². The molecule has 0 aromatic heterocycles. The number of hydrogen-bond donors (Lipinski definition) is 1. The van der Waals surface area contributed by atoms with Crippen LogP contribution in [0.15, 0.2) is 24.3 Å². The van der Waals surface area contributed by atoms with E-state index < -0.39 is 5.97 Å². The average molecular weight is 263 g/mol. The molecular weight excluding hydrogens is 238 g/mol. The van der Waals surface area contributed by atoms with Crippen LogP contribution in [0.5, 0.6) is 0 Å². The van der Waals surface area contributed by atoms with E-state index in [1.54, 1.807) is 12.1 Å². The first-order valence-electron chi connectivity index (χ1n) is 7.11. The molecule has 0 radical (unpaired) electrons. The van der Waals surface area contributed by atoms with Crippen molar-refractivity contribution < 1.29 is 9.90 Å². The van der Waals surface area contributed by atoms with Gasteiger partial charge in [-0.2, -0.15) is 0 Å². The molecule has 1 aromatic carbocycles. The molecule has 1 rings (SSSR count). The Morgan fingerprint density at radius 2 is 1.68 bits per heavy atom. The zero-order valence-corrected chi connectivity index (χ0v) is 12.2. The Hall–Kier alpha value is -1.35. The van der Waals surface area contributed by atoms with Crippen molar-refractivity contribution in [3.05, 3.63) is 35.4 Å². The second kappa shape index (κ2) is 7.95. The number of nitrogens with zero attached hydrogens (tertiary/aromatic N) is 1. The fourth-order valence-electron chi connectivity index (χ4n) is 2.42. The van der Waals surface area contributed by atoms with Gasteiger partial charge >= 0.3 is 5.97 Å². The second-order valence-corrected chi connectivity index (χ2v) is 5.15. The lowest BCUT2D eigenvalue weighted by Gasteiger charge is -2.27. The minimum Gasteiger partial charge on any atom is -0.478 e. The maximum Gasteiger partial charge on any atom is 0.335 e. The summed E-state index contributed by atoms with van der Waals surface area (Å²) in [5.41, 5.74) is 1.52. The zero-order valence-electron chi connectivity index (χ0n) is 12.2. The van der Waals surface area contributed by atoms with E-state index in [4.69, 9.17) is 5.11 Å². The summed E-state index contributed by atoms with van der Waals surface area (Å²) >= 11 is 0. The van der Waals surface area contributed by atoms with Crippen molar-refractivity contribution in [2.24, 2.45) is 0 Å². The van der Waals surface area contributed by atoms with Gasteiger partial charge in [0.1, 0.15) is 0 Å². The van der Waals surface area contributed by atoms with Gasteiger partial charge in [0.05, 0.1) is 5.56 Å². The van der Waals surface area contributed by atoms with Crippen molar-refractivity contribution in [1.29, 1.82) is 0 Å². The van der Waals surface area contributed by atoms with E-state index in [1.807, 2.05) is 12.1 Å². The van der Waals surface area contributed by atoms with Crippen LogP contribution in [0.2, 0.25) is 0 Å². The fraction of sp³-hybridized carbons (Fsp3) is 0.562. The lowest BCUT2D eigenvalue weighted by atomic mass is 10.0. The van der Waals surface area contributed by atoms with Gasteiger partial charge < -0.3 is 5.11 Å². The average Bonchev–Trinajstić information content (AvgIpc) is 2.39. The molecule has 0 aliphatic rings. The van der Waals surface area contributed by atoms with Gasteiger partial charge in [0, 0.05) is 12.6 Å². The lowest BCUT2D eigenvalue weighted by molar-refractivity contribution is 0.0697. The lowest BCUT2D eigenvalue weighted by Crippen LogP contribution is -2.31. The number of carbonyl (C=O) groups is 1. The Kier molecular flexibility index (Phi) is 6.57. The molecule has 0 saturated heterocycles. The molecule has 0 fully saturated rings. The molecule has 1 N–H and O–H groups in total. The second-order valence-electron chi connectivity index (χ2n) is 5.15. The summed E-state index contributed by atoms with van der Waals surface area (Å²) in [5, 5.41) is 8.88. The monoisotopic (exact) mass is 263 g/mol. The molecule has 0 heterocycles. The van der Waals surface area contributed by atoms with Gasteiger partial charge in [0.15, 0.2) is 0 Å². The molecule has 3 heteroatoms. The van der Waals surface area contributed by atoms with E-state index in [-0.39, 0.29) is 0 Å². The molecule has 3 nitrogen and oxygen atoms in total. The molecule has 0 unspecified atom stereocenters. The number of rotatable bonds is 8. The standard InChI is InChI=1S/C16H25NO2/c1-4-6-15(7-5-2)17(3)12-13-8-10-14(11-9-13)16(18)19/h8-11,15H,4-7,12H2,1-3H3,(H,18,19). The molecule has 1 aromatic rings. The maximum atomic E-state index is 10.8. The van der Waals surface area contributed by atoms with Gasteiger partial charge in [-0.1, -0.05) is 38.8 Å². The van der Waals surface area contributed by atoms with Crippen LogP contribution in [-0.4, -0.2) is 29.1 Å². The van der Waals surface area contributed by atoms with E-state index >= 15 is 0 Å². The first-order chi connectivity index (χ1) is 9.08. The van der Waals surface area contributed by atoms with E-state index in [2.05, 4.69) is 25.8 Å². The Labute approximate surface area is 116 Å². The highest BCUT2D eigenvalue weighted by Crippen LogP contribution is 2.15. The van der Waals surface area contributed by atoms with Crippen LogP contribution in [-0.2, 0) is 6.54 Å². The topological polar surface area (TPSA) is 40.5 Å². The van der Waals surface area contributed by atoms with Gasteiger partial charge in [-0.3, -0.25) is 4.90 Å². The van der Waals surface area contributed by atoms with Crippen molar-refractivity contribution >= 4 is 5.97 Å². The largest absolute Gasteiger partial charge is 0.478 e. The first kappa shape index (κ1) is 15.7. The van der Waals surface area contributed by atoms with Crippen LogP contribution >= 0.6 is 0 Å². The number of carboxylic acid groups (broad SMARTS) is 1. The SMILES string of the molecule is CCCC(CCC)N(C)Cc1ccc(C(=O)O)cc1. The summed E-state index contributed by atoms with van der Waals surface area (Å²) in [6, 6.07) is 7.80. The van der Waals surface area contributed by atoms with Gasteiger partial charge in [-0.15, -0.1) is 0 Å². The van der Waals surface area contributed by atoms with E-state index in [9.17, 15) is 4.79 Å². The molecule has 19 heavy (non-hydrogen) atoms. The highest BCUT2D eigenvalue weighted by molar-refractivity contribution is 5.87. The zero-order chi connectivity index (χ0) is 14.3. The molecule has 0 amide bonds. The molecule has 0 bridgehead atoms. The summed E-state index contributed by atoms with van der Waals surface area (Å²) in [4.78, 5) is 13.2. The Morgan fingerprint density at radius 3 is 2.11 bits per heavy atom. The number of hydrogen-bond acceptors (Lipinski definition) is 2. The molecule has 0 aliphatic carbocycles. The van der Waals surface area contributed by atoms with Crippen molar-refractivity contribution in [3.8, 4) is 0 Å². The number of benzene rings is 1. The first-order valence-corrected chi connectivity index (χ1v) is 7.11. The third-order valence-electron chi connectivity index (χ3n) is 3.50. The van der Waals surface area contributed by atoms with Crippen LogP contribution in [0.4, 0.5) is 0 Å². The van der Waals surface area contributed by atoms with E-state index in [1.165, 1.54) is 31.2 Å². The quantitative estimate of drug-likeness (QED) is 0.776. The third-order valence-corrected chi connectivity index (χ3v) is 3.50. The molecule has 0 aliphatic heterocycles. The minimum absolute atomic E-state index is 0.352. The molecule has 106 valence electrons. The van der Waals surface area contributed by atoms with Crippen LogP contribution in [0, 0.1) is 0 Å². The summed E-state index contributed by atoms with van der Waals surface area (Å²) in [7, 11) is 2.15. The van der Waals surface area contributed by atoms with Crippen LogP contribution < -0.4 is 0 Å². The van der Waals surface area contributed by atoms with Crippen molar-refractivity contribution in [1.82, 2.24) is 4.90 Å². The third kappa shape index (κ3) is 5.03. The Bertz CT molecular complexity index is 380. The highest BCUT2D eigenvalue weighted by Gasteiger charge is 2.13. The van der Waals surface area contributed by atoms with Crippen molar-refractivity contribution in [3.63, 3.8) is 0 Å². The van der Waals surface area contributed by atoms with Gasteiger partial charge in [-0.05, 0) is 37.6 Å². The predicted octanol–water partition coefficient (Wildman–Crippen LogP) is 3.79. The predicted molar refractivity (Wildman–Crippen MR) is 78.5 cm³/mol. The smallest absolute Gasteiger partial charge is 0.335 e. The van der Waals surface area contributed by atoms with E-state index in [0.717, 1.165) is 6.54 Å². The summed E-state index contributed by atoms with van der Waals surface area (Å²) < 4.78 is 0. The number of aromatic carboxylic acids is 1. The van der Waals surface area contributed by atoms with Gasteiger partial charge in [-0.25, -0.2) is 4.79 Å². The van der Waals surface area contributed by atoms with Crippen LogP contribution in [0.25, 0.3) is 0 Å². The normalized spacial score (nSPS) is 11.2. The minimum atomic E-state index is -0.866. The summed E-state index contributed by atoms with van der Waals surface area (Å²) in [5.74, 6) is -0.866. The maximum absolute atomic E-state index is 10.8. The fourth-order valence-corrected chi connectivity index (χ4v) is 2.42. The molecule has 0 saturated carbocycles. The van der Waals surface area contributed by atoms with Crippen LogP contribution in [0.3, 0.4) is 0 Å². The summed E-state index contributed by atoms with van der Waals surface area (Å²) in [6.45, 7) is 5.32.